The van der Waals surface area contributed by atoms with Gasteiger partial charge in [0.05, 0.1) is 4.75 Å². The van der Waals surface area contributed by atoms with E-state index in [2.05, 4.69) is 17.9 Å². The van der Waals surface area contributed by atoms with Gasteiger partial charge in [0, 0.05) is 7.05 Å². The molecule has 0 heterocycles. The van der Waals surface area contributed by atoms with Crippen LogP contribution in [-0.2, 0) is 4.79 Å². The van der Waals surface area contributed by atoms with E-state index >= 15 is 0 Å². The quantitative estimate of drug-likeness (QED) is 0.499. The van der Waals surface area contributed by atoms with Crippen LogP contribution in [0.4, 0.5) is 0 Å². The summed E-state index contributed by atoms with van der Waals surface area (Å²) in [4.78, 5) is 10.6. The average Bonchev–Trinajstić information content (AvgIpc) is 1.62. The smallest absolute Gasteiger partial charge is 0.235 e. The molecule has 0 fully saturated rings. The molecule has 1 amide bonds. The van der Waals surface area contributed by atoms with Crippen molar-refractivity contribution in [2.24, 2.45) is 0 Å². The van der Waals surface area contributed by atoms with Gasteiger partial charge in [0.25, 0.3) is 0 Å². The van der Waals surface area contributed by atoms with Gasteiger partial charge in [-0.05, 0) is 13.8 Å². The van der Waals surface area contributed by atoms with Crippen molar-refractivity contribution in [3.8, 4) is 0 Å². The Kier molecular flexibility index (Phi) is 2.34. The Hall–Kier alpha value is -0.180. The molecule has 0 aliphatic carbocycles. The van der Waals surface area contributed by atoms with Crippen molar-refractivity contribution in [2.75, 3.05) is 7.05 Å². The van der Waals surface area contributed by atoms with Crippen LogP contribution in [0.5, 0.6) is 0 Å². The molecule has 8 heavy (non-hydrogen) atoms. The lowest BCUT2D eigenvalue weighted by molar-refractivity contribution is -0.122. The molecule has 0 saturated carbocycles. The third-order valence-corrected chi connectivity index (χ3v) is 0.986. The molecule has 0 rings (SSSR count). The van der Waals surface area contributed by atoms with E-state index in [1.54, 1.807) is 20.9 Å². The normalized spacial score (nSPS) is 11.0. The summed E-state index contributed by atoms with van der Waals surface area (Å²) in [5.41, 5.74) is 0. The number of carbonyl (C=O) groups excluding carboxylic acids is 1. The summed E-state index contributed by atoms with van der Waals surface area (Å²) in [5, 5.41) is 2.49. The minimum atomic E-state index is -0.547. The van der Waals surface area contributed by atoms with E-state index in [0.717, 1.165) is 0 Å². The first-order valence-corrected chi connectivity index (χ1v) is 2.87. The molecule has 0 atom stereocenters. The molecule has 0 aromatic rings. The average molecular weight is 133 g/mol. The summed E-state index contributed by atoms with van der Waals surface area (Å²) in [5.74, 6) is -0.0548. The van der Waals surface area contributed by atoms with E-state index in [-0.39, 0.29) is 5.91 Å². The highest BCUT2D eigenvalue weighted by Crippen LogP contribution is 2.10. The molecule has 48 valence electrons. The van der Waals surface area contributed by atoms with Gasteiger partial charge in [-0.1, -0.05) is 0 Å². The third-order valence-electron chi connectivity index (χ3n) is 0.783. The van der Waals surface area contributed by atoms with Gasteiger partial charge in [0.2, 0.25) is 5.91 Å². The summed E-state index contributed by atoms with van der Waals surface area (Å²) in [7, 11) is 1.60. The summed E-state index contributed by atoms with van der Waals surface area (Å²) >= 11 is 4.02. The monoisotopic (exact) mass is 133 g/mol. The number of hydrogen-bond donors (Lipinski definition) is 2. The number of hydrogen-bond acceptors (Lipinski definition) is 2. The standard InChI is InChI=1S/C5H11NOS/c1-5(2,8)4(7)6-3/h8H,1-3H3,(H,6,7). The van der Waals surface area contributed by atoms with Gasteiger partial charge in [0.1, 0.15) is 0 Å². The van der Waals surface area contributed by atoms with Crippen LogP contribution in [0.15, 0.2) is 0 Å². The van der Waals surface area contributed by atoms with Gasteiger partial charge in [-0.3, -0.25) is 4.79 Å². The molecule has 0 spiro atoms. The molecule has 0 radical (unpaired) electrons. The van der Waals surface area contributed by atoms with Crippen LogP contribution < -0.4 is 5.32 Å². The lowest BCUT2D eigenvalue weighted by Gasteiger charge is -2.13. The van der Waals surface area contributed by atoms with Crippen molar-refractivity contribution >= 4 is 18.5 Å². The van der Waals surface area contributed by atoms with Gasteiger partial charge >= 0.3 is 0 Å². The van der Waals surface area contributed by atoms with Crippen LogP contribution in [0, 0.1) is 0 Å². The molecule has 3 heteroatoms. The molecule has 0 aromatic heterocycles. The number of rotatable bonds is 1. The van der Waals surface area contributed by atoms with Gasteiger partial charge in [-0.15, -0.1) is 0 Å². The Morgan fingerprint density at radius 1 is 1.62 bits per heavy atom. The molecule has 0 aliphatic rings. The number of thiol groups is 1. The number of amides is 1. The topological polar surface area (TPSA) is 29.1 Å². The highest BCUT2D eigenvalue weighted by Gasteiger charge is 2.19. The van der Waals surface area contributed by atoms with Crippen LogP contribution in [-0.4, -0.2) is 17.7 Å². The van der Waals surface area contributed by atoms with Gasteiger partial charge in [-0.25, -0.2) is 0 Å². The Bertz CT molecular complexity index is 95.1. The van der Waals surface area contributed by atoms with E-state index in [4.69, 9.17) is 0 Å². The van der Waals surface area contributed by atoms with E-state index < -0.39 is 4.75 Å². The second-order valence-corrected chi connectivity index (χ2v) is 3.26. The molecule has 0 bridgehead atoms. The highest BCUT2D eigenvalue weighted by molar-refractivity contribution is 7.82. The van der Waals surface area contributed by atoms with E-state index in [1.807, 2.05) is 0 Å². The van der Waals surface area contributed by atoms with Gasteiger partial charge in [0.15, 0.2) is 0 Å². The van der Waals surface area contributed by atoms with Crippen LogP contribution in [0.25, 0.3) is 0 Å². The second-order valence-electron chi connectivity index (χ2n) is 2.14. The first-order valence-electron chi connectivity index (χ1n) is 2.43. The van der Waals surface area contributed by atoms with Crippen molar-refractivity contribution in [1.82, 2.24) is 5.32 Å². The van der Waals surface area contributed by atoms with E-state index in [1.165, 1.54) is 0 Å². The van der Waals surface area contributed by atoms with Crippen LogP contribution in [0.3, 0.4) is 0 Å². The third kappa shape index (κ3) is 2.21. The number of carbonyl (C=O) groups is 1. The Balaban J connectivity index is 3.82. The van der Waals surface area contributed by atoms with Crippen LogP contribution in [0.2, 0.25) is 0 Å². The first kappa shape index (κ1) is 7.82. The summed E-state index contributed by atoms with van der Waals surface area (Å²) in [6.45, 7) is 3.49. The summed E-state index contributed by atoms with van der Waals surface area (Å²) < 4.78 is -0.547. The van der Waals surface area contributed by atoms with Crippen LogP contribution >= 0.6 is 12.6 Å². The first-order chi connectivity index (χ1) is 3.48. The highest BCUT2D eigenvalue weighted by atomic mass is 32.1. The molecule has 0 aromatic carbocycles. The van der Waals surface area contributed by atoms with E-state index in [9.17, 15) is 4.79 Å². The minimum absolute atomic E-state index is 0.0548. The maximum atomic E-state index is 10.6. The van der Waals surface area contributed by atoms with Crippen molar-refractivity contribution in [3.05, 3.63) is 0 Å². The zero-order valence-electron chi connectivity index (χ0n) is 5.36. The fourth-order valence-corrected chi connectivity index (χ4v) is 0.418. The van der Waals surface area contributed by atoms with Gasteiger partial charge < -0.3 is 5.32 Å². The fourth-order valence-electron chi connectivity index (χ4n) is 0.306. The lowest BCUT2D eigenvalue weighted by atomic mass is 10.2. The SMILES string of the molecule is CNC(=O)C(C)(C)S. The van der Waals surface area contributed by atoms with Crippen molar-refractivity contribution in [2.45, 2.75) is 18.6 Å². The molecule has 1 N–H and O–H groups in total. The fraction of sp³-hybridized carbons (Fsp3) is 0.800. The zero-order chi connectivity index (χ0) is 6.78. The Labute approximate surface area is 55.1 Å². The predicted octanol–water partition coefficient (Wildman–Crippen LogP) is 0.441. The Morgan fingerprint density at radius 3 is 2.00 bits per heavy atom. The largest absolute Gasteiger partial charge is 0.358 e. The molecule has 0 unspecified atom stereocenters. The van der Waals surface area contributed by atoms with Crippen LogP contribution in [0.1, 0.15) is 13.8 Å². The summed E-state index contributed by atoms with van der Waals surface area (Å²) in [6, 6.07) is 0. The molecular weight excluding hydrogens is 122 g/mol. The van der Waals surface area contributed by atoms with Gasteiger partial charge in [-0.2, -0.15) is 12.6 Å². The number of nitrogens with one attached hydrogen (secondary N) is 1. The lowest BCUT2D eigenvalue weighted by Crippen LogP contribution is -2.35. The molecule has 2 nitrogen and oxygen atoms in total. The molecule has 0 saturated heterocycles. The maximum absolute atomic E-state index is 10.6. The minimum Gasteiger partial charge on any atom is -0.358 e. The van der Waals surface area contributed by atoms with E-state index in [0.29, 0.717) is 0 Å². The molecule has 0 aliphatic heterocycles. The van der Waals surface area contributed by atoms with Crippen molar-refractivity contribution < 1.29 is 4.79 Å². The Morgan fingerprint density at radius 2 is 2.00 bits per heavy atom. The zero-order valence-corrected chi connectivity index (χ0v) is 6.25. The van der Waals surface area contributed by atoms with Crippen molar-refractivity contribution in [1.29, 1.82) is 0 Å². The second kappa shape index (κ2) is 2.40. The molecular formula is C5H11NOS. The maximum Gasteiger partial charge on any atom is 0.235 e. The summed E-state index contributed by atoms with van der Waals surface area (Å²) in [6.07, 6.45) is 0. The van der Waals surface area contributed by atoms with Crippen molar-refractivity contribution in [3.63, 3.8) is 0 Å². The predicted molar refractivity (Wildman–Crippen MR) is 37.1 cm³/mol.